The average molecular weight is 335 g/mol. The van der Waals surface area contributed by atoms with Crippen LogP contribution >= 0.6 is 15.9 Å². The molecular weight excluding hydrogens is 316 g/mol. The third-order valence-electron chi connectivity index (χ3n) is 2.83. The van der Waals surface area contributed by atoms with Gasteiger partial charge in [-0.05, 0) is 46.5 Å². The fraction of sp³-hybridized carbons (Fsp3) is 0.500. The highest BCUT2D eigenvalue weighted by Gasteiger charge is 2.21. The minimum atomic E-state index is -3.51. The third-order valence-corrected chi connectivity index (χ3v) is 5.04. The summed E-state index contributed by atoms with van der Waals surface area (Å²) in [6.07, 6.45) is 0.753. The van der Waals surface area contributed by atoms with Crippen molar-refractivity contribution < 1.29 is 8.42 Å². The summed E-state index contributed by atoms with van der Waals surface area (Å²) >= 11 is 3.24. The van der Waals surface area contributed by atoms with Gasteiger partial charge in [0.25, 0.3) is 0 Å². The molecule has 1 unspecified atom stereocenters. The lowest BCUT2D eigenvalue weighted by atomic mass is 10.0. The zero-order valence-electron chi connectivity index (χ0n) is 10.8. The number of nitrogens with one attached hydrogen (secondary N) is 1. The summed E-state index contributed by atoms with van der Waals surface area (Å²) < 4.78 is 27.8. The van der Waals surface area contributed by atoms with E-state index in [0.29, 0.717) is 10.2 Å². The van der Waals surface area contributed by atoms with Gasteiger partial charge in [0.15, 0.2) is 0 Å². The molecule has 0 amide bonds. The lowest BCUT2D eigenvalue weighted by Gasteiger charge is -2.20. The van der Waals surface area contributed by atoms with Crippen LogP contribution in [0.3, 0.4) is 0 Å². The van der Waals surface area contributed by atoms with Crippen molar-refractivity contribution in [3.05, 3.63) is 22.7 Å². The van der Waals surface area contributed by atoms with Crippen LogP contribution in [0.5, 0.6) is 0 Å². The molecule has 0 spiro atoms. The molecule has 0 fully saturated rings. The molecule has 0 saturated carbocycles. The highest BCUT2D eigenvalue weighted by atomic mass is 79.9. The summed E-state index contributed by atoms with van der Waals surface area (Å²) in [5, 5.41) is 0. The highest BCUT2D eigenvalue weighted by molar-refractivity contribution is 9.10. The molecule has 1 aromatic rings. The number of sulfonamides is 1. The monoisotopic (exact) mass is 334 g/mol. The van der Waals surface area contributed by atoms with E-state index in [1.54, 1.807) is 6.07 Å². The second-order valence-electron chi connectivity index (χ2n) is 4.56. The van der Waals surface area contributed by atoms with Crippen LogP contribution in [0.1, 0.15) is 27.2 Å². The maximum atomic E-state index is 12.2. The van der Waals surface area contributed by atoms with E-state index >= 15 is 0 Å². The van der Waals surface area contributed by atoms with Gasteiger partial charge in [0.05, 0.1) is 4.90 Å². The zero-order valence-corrected chi connectivity index (χ0v) is 13.2. The summed E-state index contributed by atoms with van der Waals surface area (Å²) in [4.78, 5) is 0.197. The smallest absolute Gasteiger partial charge is 0.240 e. The first-order valence-electron chi connectivity index (χ1n) is 5.85. The van der Waals surface area contributed by atoms with Crippen molar-refractivity contribution in [2.24, 2.45) is 5.92 Å². The van der Waals surface area contributed by atoms with Crippen molar-refractivity contribution in [2.75, 3.05) is 5.73 Å². The summed E-state index contributed by atoms with van der Waals surface area (Å²) in [7, 11) is -3.51. The number of hydrogen-bond donors (Lipinski definition) is 2. The Morgan fingerprint density at radius 3 is 2.44 bits per heavy atom. The first kappa shape index (κ1) is 15.5. The van der Waals surface area contributed by atoms with Crippen molar-refractivity contribution in [1.82, 2.24) is 4.72 Å². The molecule has 0 radical (unpaired) electrons. The van der Waals surface area contributed by atoms with Gasteiger partial charge in [0.2, 0.25) is 10.0 Å². The molecule has 0 bridgehead atoms. The standard InChI is InChI=1S/C12H19BrN2O2S/c1-4-12(8(2)3)15-18(16,17)9-5-6-10(13)11(14)7-9/h5-8,12,15H,4,14H2,1-3H3. The fourth-order valence-corrected chi connectivity index (χ4v) is 3.40. The Kier molecular flexibility index (Phi) is 5.19. The maximum absolute atomic E-state index is 12.2. The maximum Gasteiger partial charge on any atom is 0.240 e. The predicted molar refractivity (Wildman–Crippen MR) is 77.8 cm³/mol. The summed E-state index contributed by atoms with van der Waals surface area (Å²) in [6, 6.07) is 4.56. The topological polar surface area (TPSA) is 72.2 Å². The molecule has 1 rings (SSSR count). The molecule has 0 aromatic heterocycles. The van der Waals surface area contributed by atoms with Crippen LogP contribution < -0.4 is 10.5 Å². The van der Waals surface area contributed by atoms with Crippen molar-refractivity contribution in [3.63, 3.8) is 0 Å². The Morgan fingerprint density at radius 2 is 2.00 bits per heavy atom. The van der Waals surface area contributed by atoms with Gasteiger partial charge in [-0.1, -0.05) is 20.8 Å². The minimum Gasteiger partial charge on any atom is -0.398 e. The number of halogens is 1. The van der Waals surface area contributed by atoms with Crippen molar-refractivity contribution >= 4 is 31.6 Å². The number of nitrogens with two attached hydrogens (primary N) is 1. The van der Waals surface area contributed by atoms with Gasteiger partial charge < -0.3 is 5.73 Å². The lowest BCUT2D eigenvalue weighted by molar-refractivity contribution is 0.437. The Labute approximate surface area is 117 Å². The number of nitrogen functional groups attached to an aromatic ring is 1. The Balaban J connectivity index is 3.02. The highest BCUT2D eigenvalue weighted by Crippen LogP contribution is 2.23. The van der Waals surface area contributed by atoms with E-state index < -0.39 is 10.0 Å². The van der Waals surface area contributed by atoms with Crippen LogP contribution in [0.15, 0.2) is 27.6 Å². The van der Waals surface area contributed by atoms with E-state index in [0.717, 1.165) is 6.42 Å². The van der Waals surface area contributed by atoms with E-state index in [4.69, 9.17) is 5.73 Å². The van der Waals surface area contributed by atoms with Crippen LogP contribution in [0.25, 0.3) is 0 Å². The Bertz CT molecular complexity index is 515. The van der Waals surface area contributed by atoms with Crippen LogP contribution in [0.4, 0.5) is 5.69 Å². The van der Waals surface area contributed by atoms with Crippen LogP contribution in [0, 0.1) is 5.92 Å². The largest absolute Gasteiger partial charge is 0.398 e. The van der Waals surface area contributed by atoms with Gasteiger partial charge >= 0.3 is 0 Å². The molecular formula is C12H19BrN2O2S. The molecule has 1 aromatic carbocycles. The molecule has 0 heterocycles. The molecule has 1 atom stereocenters. The van der Waals surface area contributed by atoms with Crippen LogP contribution in [0.2, 0.25) is 0 Å². The van der Waals surface area contributed by atoms with Crippen LogP contribution in [-0.4, -0.2) is 14.5 Å². The van der Waals surface area contributed by atoms with Gasteiger partial charge in [0, 0.05) is 16.2 Å². The van der Waals surface area contributed by atoms with Crippen LogP contribution in [-0.2, 0) is 10.0 Å². The van der Waals surface area contributed by atoms with E-state index in [-0.39, 0.29) is 16.9 Å². The average Bonchev–Trinajstić information content (AvgIpc) is 2.29. The van der Waals surface area contributed by atoms with Gasteiger partial charge in [-0.15, -0.1) is 0 Å². The fourth-order valence-electron chi connectivity index (χ4n) is 1.65. The predicted octanol–water partition coefficient (Wildman–Crippen LogP) is 2.74. The van der Waals surface area contributed by atoms with Gasteiger partial charge in [-0.25, -0.2) is 13.1 Å². The first-order valence-corrected chi connectivity index (χ1v) is 8.13. The number of hydrogen-bond acceptors (Lipinski definition) is 3. The van der Waals surface area contributed by atoms with E-state index in [9.17, 15) is 8.42 Å². The molecule has 0 aliphatic carbocycles. The zero-order chi connectivity index (χ0) is 13.9. The molecule has 0 aliphatic heterocycles. The van der Waals surface area contributed by atoms with E-state index in [1.807, 2.05) is 20.8 Å². The number of benzene rings is 1. The molecule has 4 nitrogen and oxygen atoms in total. The molecule has 0 aliphatic rings. The third kappa shape index (κ3) is 3.70. The molecule has 6 heteroatoms. The normalized spacial score (nSPS) is 13.8. The number of anilines is 1. The molecule has 0 saturated heterocycles. The van der Waals surface area contributed by atoms with Crippen molar-refractivity contribution in [2.45, 2.75) is 38.1 Å². The first-order chi connectivity index (χ1) is 8.27. The van der Waals surface area contributed by atoms with Crippen molar-refractivity contribution in [1.29, 1.82) is 0 Å². The molecule has 3 N–H and O–H groups in total. The summed E-state index contributed by atoms with van der Waals surface area (Å²) in [5.41, 5.74) is 6.11. The van der Waals surface area contributed by atoms with E-state index in [2.05, 4.69) is 20.7 Å². The molecule has 18 heavy (non-hydrogen) atoms. The second-order valence-corrected chi connectivity index (χ2v) is 7.13. The second kappa shape index (κ2) is 6.04. The Hall–Kier alpha value is -0.590. The van der Waals surface area contributed by atoms with Crippen molar-refractivity contribution in [3.8, 4) is 0 Å². The van der Waals surface area contributed by atoms with E-state index in [1.165, 1.54) is 12.1 Å². The van der Waals surface area contributed by atoms with Gasteiger partial charge in [-0.3, -0.25) is 0 Å². The lowest BCUT2D eigenvalue weighted by Crippen LogP contribution is -2.37. The Morgan fingerprint density at radius 1 is 1.39 bits per heavy atom. The SMILES string of the molecule is CCC(NS(=O)(=O)c1ccc(Br)c(N)c1)C(C)C. The van der Waals surface area contributed by atoms with Gasteiger partial charge in [-0.2, -0.15) is 0 Å². The van der Waals surface area contributed by atoms with Gasteiger partial charge in [0.1, 0.15) is 0 Å². The molecule has 102 valence electrons. The summed E-state index contributed by atoms with van der Waals surface area (Å²) in [6.45, 7) is 5.95. The summed E-state index contributed by atoms with van der Waals surface area (Å²) in [5.74, 6) is 0.248. The minimum absolute atomic E-state index is 0.0696. The quantitative estimate of drug-likeness (QED) is 0.813. The number of rotatable bonds is 5.